The van der Waals surface area contributed by atoms with E-state index in [1.807, 2.05) is 12.3 Å². The fraction of sp³-hybridized carbons (Fsp3) is 0.346. The third-order valence-corrected chi connectivity index (χ3v) is 7.43. The highest BCUT2D eigenvalue weighted by molar-refractivity contribution is 5.93. The van der Waals surface area contributed by atoms with Crippen molar-refractivity contribution in [1.29, 1.82) is 5.26 Å². The molecule has 31 heavy (non-hydrogen) atoms. The van der Waals surface area contributed by atoms with E-state index in [-0.39, 0.29) is 23.1 Å². The van der Waals surface area contributed by atoms with E-state index in [4.69, 9.17) is 5.26 Å². The Kier molecular flexibility index (Phi) is 4.94. The number of carbonyl (C=O) groups excluding carboxylic acids is 1. The molecule has 3 aromatic rings. The van der Waals surface area contributed by atoms with Crippen molar-refractivity contribution in [1.82, 2.24) is 4.98 Å². The monoisotopic (exact) mass is 413 g/mol. The van der Waals surface area contributed by atoms with Gasteiger partial charge >= 0.3 is 0 Å². The van der Waals surface area contributed by atoms with Crippen molar-refractivity contribution in [3.63, 3.8) is 0 Å². The molecule has 0 radical (unpaired) electrons. The molecule has 1 aromatic heterocycles. The second-order valence-corrected chi connectivity index (χ2v) is 8.97. The van der Waals surface area contributed by atoms with Crippen LogP contribution in [0.1, 0.15) is 55.6 Å². The number of benzene rings is 2. The Morgan fingerprint density at radius 2 is 1.81 bits per heavy atom. The zero-order chi connectivity index (χ0) is 21.4. The van der Waals surface area contributed by atoms with E-state index in [1.165, 1.54) is 11.6 Å². The third-order valence-electron chi connectivity index (χ3n) is 7.43. The Labute approximate surface area is 181 Å². The first-order chi connectivity index (χ1) is 15.1. The van der Waals surface area contributed by atoms with Crippen LogP contribution in [0.3, 0.4) is 0 Å². The van der Waals surface area contributed by atoms with Gasteiger partial charge in [0, 0.05) is 23.2 Å². The van der Waals surface area contributed by atoms with Gasteiger partial charge in [0.15, 0.2) is 0 Å². The van der Waals surface area contributed by atoms with Crippen molar-refractivity contribution in [2.45, 2.75) is 44.4 Å². The SMILES string of the molecule is N#Cc1ccc(NC(=O)C2CCC23CCC(c2ccnc4ccc(F)cc24)CC3)cc1. The molecule has 2 aliphatic carbocycles. The van der Waals surface area contributed by atoms with Gasteiger partial charge < -0.3 is 5.32 Å². The predicted molar refractivity (Wildman–Crippen MR) is 118 cm³/mol. The van der Waals surface area contributed by atoms with E-state index in [2.05, 4.69) is 16.4 Å². The van der Waals surface area contributed by atoms with Crippen LogP contribution in [-0.4, -0.2) is 10.9 Å². The average molecular weight is 413 g/mol. The van der Waals surface area contributed by atoms with Crippen molar-refractivity contribution in [2.75, 3.05) is 5.32 Å². The number of nitriles is 1. The number of rotatable bonds is 3. The van der Waals surface area contributed by atoms with Gasteiger partial charge in [-0.05, 0) is 104 Å². The topological polar surface area (TPSA) is 65.8 Å². The summed E-state index contributed by atoms with van der Waals surface area (Å²) in [5.74, 6) is 0.273. The number of halogens is 1. The van der Waals surface area contributed by atoms with Crippen LogP contribution in [0, 0.1) is 28.5 Å². The molecule has 1 unspecified atom stereocenters. The number of nitrogens with zero attached hydrogens (tertiary/aromatic N) is 2. The standard InChI is InChI=1S/C26H24FN3O/c27-19-3-6-24-22(15-19)21(10-14-29-24)18-7-11-26(12-8-18)13-9-23(26)25(31)30-20-4-1-17(16-28)2-5-20/h1-6,10,14-15,18,23H,7-9,11-13H2,(H,30,31). The summed E-state index contributed by atoms with van der Waals surface area (Å²) >= 11 is 0. The van der Waals surface area contributed by atoms with Gasteiger partial charge in [0.1, 0.15) is 5.82 Å². The number of nitrogens with one attached hydrogen (secondary N) is 1. The van der Waals surface area contributed by atoms with Crippen LogP contribution in [0.15, 0.2) is 54.7 Å². The molecule has 0 saturated heterocycles. The summed E-state index contributed by atoms with van der Waals surface area (Å²) in [7, 11) is 0. The smallest absolute Gasteiger partial charge is 0.228 e. The summed E-state index contributed by atoms with van der Waals surface area (Å²) in [5, 5.41) is 12.9. The largest absolute Gasteiger partial charge is 0.326 e. The molecule has 2 aliphatic rings. The molecule has 2 fully saturated rings. The minimum absolute atomic E-state index is 0.0377. The van der Waals surface area contributed by atoms with Crippen LogP contribution in [0.4, 0.5) is 10.1 Å². The zero-order valence-electron chi connectivity index (χ0n) is 17.3. The number of aromatic nitrogens is 1. The van der Waals surface area contributed by atoms with E-state index in [9.17, 15) is 9.18 Å². The summed E-state index contributed by atoms with van der Waals surface area (Å²) in [6, 6.07) is 15.9. The molecule has 2 saturated carbocycles. The molecular weight excluding hydrogens is 389 g/mol. The van der Waals surface area contributed by atoms with E-state index in [1.54, 1.807) is 36.4 Å². The van der Waals surface area contributed by atoms with Gasteiger partial charge in [-0.1, -0.05) is 0 Å². The molecule has 1 spiro atoms. The lowest BCUT2D eigenvalue weighted by atomic mass is 9.52. The van der Waals surface area contributed by atoms with Crippen LogP contribution in [0.25, 0.3) is 10.9 Å². The first kappa shape index (κ1) is 19.7. The second kappa shape index (κ2) is 7.77. The van der Waals surface area contributed by atoms with E-state index < -0.39 is 0 Å². The van der Waals surface area contributed by atoms with Gasteiger partial charge in [0.05, 0.1) is 17.1 Å². The van der Waals surface area contributed by atoms with Gasteiger partial charge in [-0.15, -0.1) is 0 Å². The molecule has 1 heterocycles. The summed E-state index contributed by atoms with van der Waals surface area (Å²) in [4.78, 5) is 17.3. The molecular formula is C26H24FN3O. The second-order valence-electron chi connectivity index (χ2n) is 8.97. The van der Waals surface area contributed by atoms with E-state index in [0.717, 1.165) is 55.1 Å². The van der Waals surface area contributed by atoms with Crippen molar-refractivity contribution in [2.24, 2.45) is 11.3 Å². The number of pyridine rings is 1. The fourth-order valence-corrected chi connectivity index (χ4v) is 5.56. The third kappa shape index (κ3) is 3.57. The highest BCUT2D eigenvalue weighted by Gasteiger charge is 2.51. The number of fused-ring (bicyclic) bond motifs is 1. The highest BCUT2D eigenvalue weighted by Crippen LogP contribution is 2.58. The first-order valence-electron chi connectivity index (χ1n) is 10.9. The number of hydrogen-bond donors (Lipinski definition) is 1. The minimum atomic E-state index is -0.229. The number of amides is 1. The van der Waals surface area contributed by atoms with Gasteiger partial charge in [-0.2, -0.15) is 5.26 Å². The number of carbonyl (C=O) groups is 1. The Morgan fingerprint density at radius 3 is 2.48 bits per heavy atom. The molecule has 156 valence electrons. The van der Waals surface area contributed by atoms with Crippen molar-refractivity contribution >= 4 is 22.5 Å². The van der Waals surface area contributed by atoms with Crippen molar-refractivity contribution in [3.8, 4) is 6.07 Å². The lowest BCUT2D eigenvalue weighted by molar-refractivity contribution is -0.133. The Bertz CT molecular complexity index is 1170. The number of hydrogen-bond acceptors (Lipinski definition) is 3. The maximum Gasteiger partial charge on any atom is 0.228 e. The molecule has 0 bridgehead atoms. The Morgan fingerprint density at radius 1 is 1.06 bits per heavy atom. The van der Waals surface area contributed by atoms with Crippen LogP contribution in [0.2, 0.25) is 0 Å². The highest BCUT2D eigenvalue weighted by atomic mass is 19.1. The molecule has 1 atom stereocenters. The molecule has 0 aliphatic heterocycles. The lowest BCUT2D eigenvalue weighted by Crippen LogP contribution is -2.48. The van der Waals surface area contributed by atoms with Gasteiger partial charge in [-0.25, -0.2) is 4.39 Å². The molecule has 4 nitrogen and oxygen atoms in total. The normalized spacial score (nSPS) is 25.0. The quantitative estimate of drug-likeness (QED) is 0.578. The van der Waals surface area contributed by atoms with Gasteiger partial charge in [-0.3, -0.25) is 9.78 Å². The Balaban J connectivity index is 1.28. The van der Waals surface area contributed by atoms with E-state index >= 15 is 0 Å². The summed E-state index contributed by atoms with van der Waals surface area (Å²) < 4.78 is 13.8. The Hall–Kier alpha value is -3.26. The lowest BCUT2D eigenvalue weighted by Gasteiger charge is -2.52. The average Bonchev–Trinajstić information content (AvgIpc) is 2.78. The summed E-state index contributed by atoms with van der Waals surface area (Å²) in [6.45, 7) is 0. The fourth-order valence-electron chi connectivity index (χ4n) is 5.56. The van der Waals surface area contributed by atoms with Gasteiger partial charge in [0.25, 0.3) is 0 Å². The minimum Gasteiger partial charge on any atom is -0.326 e. The predicted octanol–water partition coefficient (Wildman–Crippen LogP) is 5.94. The van der Waals surface area contributed by atoms with Crippen LogP contribution in [-0.2, 0) is 4.79 Å². The first-order valence-corrected chi connectivity index (χ1v) is 10.9. The van der Waals surface area contributed by atoms with Crippen LogP contribution in [0.5, 0.6) is 0 Å². The maximum atomic E-state index is 13.8. The zero-order valence-corrected chi connectivity index (χ0v) is 17.3. The van der Waals surface area contributed by atoms with Crippen LogP contribution >= 0.6 is 0 Å². The summed E-state index contributed by atoms with van der Waals surface area (Å²) in [6.07, 6.45) is 7.89. The summed E-state index contributed by atoms with van der Waals surface area (Å²) in [5.41, 5.74) is 3.42. The van der Waals surface area contributed by atoms with Gasteiger partial charge in [0.2, 0.25) is 5.91 Å². The maximum absolute atomic E-state index is 13.8. The molecule has 2 aromatic carbocycles. The van der Waals surface area contributed by atoms with Crippen molar-refractivity contribution in [3.05, 3.63) is 71.7 Å². The van der Waals surface area contributed by atoms with Crippen LogP contribution < -0.4 is 5.32 Å². The molecule has 1 N–H and O–H groups in total. The van der Waals surface area contributed by atoms with Crippen molar-refractivity contribution < 1.29 is 9.18 Å². The molecule has 1 amide bonds. The molecule has 5 heteroatoms. The number of anilines is 1. The molecule has 5 rings (SSSR count). The van der Waals surface area contributed by atoms with E-state index in [0.29, 0.717) is 11.5 Å².